The van der Waals surface area contributed by atoms with E-state index in [2.05, 4.69) is 9.88 Å². The lowest BCUT2D eigenvalue weighted by Crippen LogP contribution is -2.51. The number of anilines is 1. The first-order chi connectivity index (χ1) is 13.1. The normalized spacial score (nSPS) is 14.0. The molecular weight excluding hydrogens is 352 g/mol. The van der Waals surface area contributed by atoms with Crippen molar-refractivity contribution >= 4 is 17.4 Å². The van der Waals surface area contributed by atoms with Crippen molar-refractivity contribution in [2.24, 2.45) is 0 Å². The van der Waals surface area contributed by atoms with Crippen molar-refractivity contribution in [3.8, 4) is 11.5 Å². The molecule has 9 heteroatoms. The molecule has 1 aliphatic rings. The number of ether oxygens (including phenoxy) is 2. The molecule has 142 valence electrons. The summed E-state index contributed by atoms with van der Waals surface area (Å²) in [5.41, 5.74) is -0.230. The van der Waals surface area contributed by atoms with Crippen LogP contribution >= 0.6 is 0 Å². The summed E-state index contributed by atoms with van der Waals surface area (Å²) in [6.07, 6.45) is 1.86. The van der Waals surface area contributed by atoms with Crippen LogP contribution in [0.25, 0.3) is 0 Å². The fourth-order valence-electron chi connectivity index (χ4n) is 2.90. The summed E-state index contributed by atoms with van der Waals surface area (Å²) in [6, 6.07) is 10.1. The number of hydrogen-bond donors (Lipinski definition) is 0. The number of carbonyl (C=O) groups is 1. The Morgan fingerprint density at radius 2 is 2.00 bits per heavy atom. The molecule has 1 amide bonds. The van der Waals surface area contributed by atoms with Gasteiger partial charge in [-0.25, -0.2) is 4.98 Å². The van der Waals surface area contributed by atoms with Gasteiger partial charge in [0.2, 0.25) is 0 Å². The van der Waals surface area contributed by atoms with E-state index in [1.165, 1.54) is 19.2 Å². The van der Waals surface area contributed by atoms with E-state index in [0.29, 0.717) is 31.9 Å². The molecule has 27 heavy (non-hydrogen) atoms. The van der Waals surface area contributed by atoms with Gasteiger partial charge >= 0.3 is 5.69 Å². The Labute approximate surface area is 156 Å². The van der Waals surface area contributed by atoms with Gasteiger partial charge in [0.25, 0.3) is 11.7 Å². The van der Waals surface area contributed by atoms with Crippen LogP contribution in [0.3, 0.4) is 0 Å². The largest absolute Gasteiger partial charge is 0.496 e. The first-order valence-corrected chi connectivity index (χ1v) is 8.53. The number of pyridine rings is 1. The molecule has 3 rings (SSSR count). The smallest absolute Gasteiger partial charge is 0.314 e. The number of nitro benzene ring substituents is 1. The molecule has 2 aromatic rings. The summed E-state index contributed by atoms with van der Waals surface area (Å²) in [5.74, 6) is 1.22. The number of aromatic nitrogens is 1. The van der Waals surface area contributed by atoms with Gasteiger partial charge in [0.05, 0.1) is 37.4 Å². The van der Waals surface area contributed by atoms with Crippen LogP contribution in [0.5, 0.6) is 11.5 Å². The minimum atomic E-state index is -0.558. The maximum Gasteiger partial charge on any atom is 0.314 e. The highest BCUT2D eigenvalue weighted by Crippen LogP contribution is 2.31. The van der Waals surface area contributed by atoms with Crippen LogP contribution in [0.4, 0.5) is 11.5 Å². The van der Waals surface area contributed by atoms with Gasteiger partial charge in [0.15, 0.2) is 12.4 Å². The molecule has 1 N–H and O–H groups in total. The van der Waals surface area contributed by atoms with Gasteiger partial charge in [-0.2, -0.15) is 0 Å². The molecule has 0 saturated carbocycles. The van der Waals surface area contributed by atoms with E-state index >= 15 is 0 Å². The molecule has 9 nitrogen and oxygen atoms in total. The number of nitrogens with one attached hydrogen (secondary N) is 1. The van der Waals surface area contributed by atoms with Crippen LogP contribution in [-0.2, 0) is 4.79 Å². The second kappa shape index (κ2) is 8.35. The number of aromatic amines is 1. The maximum absolute atomic E-state index is 12.4. The summed E-state index contributed by atoms with van der Waals surface area (Å²) in [6.45, 7) is 2.29. The minimum absolute atomic E-state index is 0.0478. The fraction of sp³-hybridized carbons (Fsp3) is 0.333. The zero-order valence-corrected chi connectivity index (χ0v) is 15.0. The van der Waals surface area contributed by atoms with Crippen LogP contribution in [0, 0.1) is 10.1 Å². The number of nitro groups is 1. The van der Waals surface area contributed by atoms with E-state index in [-0.39, 0.29) is 24.0 Å². The van der Waals surface area contributed by atoms with Gasteiger partial charge in [-0.05, 0) is 18.2 Å². The average Bonchev–Trinajstić information content (AvgIpc) is 2.72. The standard InChI is InChI=1S/C18H20N4O5/c1-26-14-5-6-16(15(12-14)22(24)25)27-13-18(23)21-10-8-20(9-11-21)17-4-2-3-7-19-17/h2-7,12H,8-11,13H2,1H3/p+1. The van der Waals surface area contributed by atoms with Gasteiger partial charge in [-0.15, -0.1) is 0 Å². The van der Waals surface area contributed by atoms with Gasteiger partial charge in [-0.3, -0.25) is 19.8 Å². The third-order valence-corrected chi connectivity index (χ3v) is 4.38. The highest BCUT2D eigenvalue weighted by molar-refractivity contribution is 5.78. The molecule has 2 heterocycles. The fourth-order valence-corrected chi connectivity index (χ4v) is 2.90. The lowest BCUT2D eigenvalue weighted by Gasteiger charge is -2.30. The second-order valence-electron chi connectivity index (χ2n) is 6.00. The molecule has 0 unspecified atom stereocenters. The third-order valence-electron chi connectivity index (χ3n) is 4.38. The minimum Gasteiger partial charge on any atom is -0.496 e. The predicted octanol–water partition coefficient (Wildman–Crippen LogP) is 1.15. The molecule has 0 spiro atoms. The Hall–Kier alpha value is -3.36. The van der Waals surface area contributed by atoms with E-state index < -0.39 is 4.92 Å². The topological polar surface area (TPSA) is 99.3 Å². The summed E-state index contributed by atoms with van der Waals surface area (Å²) in [5, 5.41) is 11.2. The zero-order valence-electron chi connectivity index (χ0n) is 15.0. The molecule has 1 aromatic carbocycles. The van der Waals surface area contributed by atoms with Crippen LogP contribution < -0.4 is 19.4 Å². The molecule has 1 saturated heterocycles. The Bertz CT molecular complexity index is 807. The molecule has 0 radical (unpaired) electrons. The van der Waals surface area contributed by atoms with Gasteiger partial charge in [-0.1, -0.05) is 6.07 Å². The molecule has 1 aliphatic heterocycles. The first kappa shape index (κ1) is 18.4. The Morgan fingerprint density at radius 1 is 1.22 bits per heavy atom. The van der Waals surface area contributed by atoms with Crippen molar-refractivity contribution in [2.45, 2.75) is 0 Å². The molecule has 0 bridgehead atoms. The predicted molar refractivity (Wildman–Crippen MR) is 96.9 cm³/mol. The van der Waals surface area contributed by atoms with Crippen molar-refractivity contribution in [2.75, 3.05) is 44.8 Å². The van der Waals surface area contributed by atoms with E-state index in [1.807, 2.05) is 24.4 Å². The lowest BCUT2D eigenvalue weighted by atomic mass is 10.2. The number of hydrogen-bond acceptors (Lipinski definition) is 6. The number of H-pyrrole nitrogens is 1. The highest BCUT2D eigenvalue weighted by Gasteiger charge is 2.27. The highest BCUT2D eigenvalue weighted by atomic mass is 16.6. The SMILES string of the molecule is COc1ccc(OCC(=O)N2CCN(c3cccc[nH+]3)CC2)c([N+](=O)[O-])c1. The van der Waals surface area contributed by atoms with E-state index in [4.69, 9.17) is 9.47 Å². The molecule has 1 fully saturated rings. The number of methoxy groups -OCH3 is 1. The number of nitrogens with zero attached hydrogens (tertiary/aromatic N) is 3. The Kier molecular flexibility index (Phi) is 5.70. The molecule has 1 aromatic heterocycles. The van der Waals surface area contributed by atoms with Crippen LogP contribution in [0.2, 0.25) is 0 Å². The van der Waals surface area contributed by atoms with Crippen molar-refractivity contribution in [1.29, 1.82) is 0 Å². The van der Waals surface area contributed by atoms with Crippen LogP contribution in [0.1, 0.15) is 0 Å². The Morgan fingerprint density at radius 3 is 2.63 bits per heavy atom. The van der Waals surface area contributed by atoms with Gasteiger partial charge < -0.3 is 14.4 Å². The maximum atomic E-state index is 12.4. The second-order valence-corrected chi connectivity index (χ2v) is 6.00. The zero-order chi connectivity index (χ0) is 19.2. The van der Waals surface area contributed by atoms with Gasteiger partial charge in [0.1, 0.15) is 18.8 Å². The summed E-state index contributed by atoms with van der Waals surface area (Å²) in [7, 11) is 1.43. The molecular formula is C18H21N4O5+. The van der Waals surface area contributed by atoms with Crippen molar-refractivity contribution in [3.63, 3.8) is 0 Å². The van der Waals surface area contributed by atoms with Crippen molar-refractivity contribution in [3.05, 3.63) is 52.7 Å². The molecule has 0 aliphatic carbocycles. The summed E-state index contributed by atoms with van der Waals surface area (Å²) >= 11 is 0. The van der Waals surface area contributed by atoms with Crippen LogP contribution in [0.15, 0.2) is 42.6 Å². The molecule has 0 atom stereocenters. The summed E-state index contributed by atoms with van der Waals surface area (Å²) in [4.78, 5) is 30.1. The number of amides is 1. The van der Waals surface area contributed by atoms with Crippen LogP contribution in [-0.4, -0.2) is 55.6 Å². The lowest BCUT2D eigenvalue weighted by molar-refractivity contribution is -0.385. The average molecular weight is 373 g/mol. The van der Waals surface area contributed by atoms with Gasteiger partial charge in [0, 0.05) is 6.07 Å². The van der Waals surface area contributed by atoms with E-state index in [9.17, 15) is 14.9 Å². The van der Waals surface area contributed by atoms with Crippen molar-refractivity contribution < 1.29 is 24.2 Å². The third kappa shape index (κ3) is 4.43. The Balaban J connectivity index is 1.55. The number of piperazine rings is 1. The first-order valence-electron chi connectivity index (χ1n) is 8.53. The van der Waals surface area contributed by atoms with E-state index in [1.54, 1.807) is 11.0 Å². The number of carbonyl (C=O) groups excluding carboxylic acids is 1. The number of benzene rings is 1. The van der Waals surface area contributed by atoms with Crippen molar-refractivity contribution in [1.82, 2.24) is 4.90 Å². The monoisotopic (exact) mass is 373 g/mol. The summed E-state index contributed by atoms with van der Waals surface area (Å²) < 4.78 is 10.4. The quantitative estimate of drug-likeness (QED) is 0.556. The number of rotatable bonds is 6. The van der Waals surface area contributed by atoms with E-state index in [0.717, 1.165) is 5.82 Å².